The van der Waals surface area contributed by atoms with Crippen molar-refractivity contribution < 1.29 is 14.7 Å². The fourth-order valence-electron chi connectivity index (χ4n) is 2.01. The van der Waals surface area contributed by atoms with Gasteiger partial charge in [0.1, 0.15) is 0 Å². The highest BCUT2D eigenvalue weighted by molar-refractivity contribution is 5.98. The maximum atomic E-state index is 11.9. The van der Waals surface area contributed by atoms with Gasteiger partial charge in [-0.3, -0.25) is 9.59 Å². The molecule has 1 aromatic carbocycles. The number of amides is 1. The predicted octanol–water partition coefficient (Wildman–Crippen LogP) is 0.526. The van der Waals surface area contributed by atoms with Crippen molar-refractivity contribution in [2.45, 2.75) is 6.42 Å². The lowest BCUT2D eigenvalue weighted by Crippen LogP contribution is -2.16. The molecular weight excluding hydrogens is 262 g/mol. The average molecular weight is 273 g/mol. The van der Waals surface area contributed by atoms with Crippen molar-refractivity contribution in [3.63, 3.8) is 0 Å². The van der Waals surface area contributed by atoms with Crippen molar-refractivity contribution in [3.8, 4) is 11.4 Å². The number of carboxylic acids is 1. The molecule has 3 N–H and O–H groups in total. The van der Waals surface area contributed by atoms with E-state index < -0.39 is 17.8 Å². The van der Waals surface area contributed by atoms with Crippen LogP contribution in [0.3, 0.4) is 0 Å². The zero-order valence-corrected chi connectivity index (χ0v) is 10.3. The van der Waals surface area contributed by atoms with E-state index in [1.165, 1.54) is 0 Å². The van der Waals surface area contributed by atoms with E-state index in [4.69, 9.17) is 5.11 Å². The molecule has 1 fully saturated rings. The lowest BCUT2D eigenvalue weighted by atomic mass is 10.2. The molecule has 2 atom stereocenters. The number of nitrogens with zero attached hydrogens (tertiary/aromatic N) is 3. The molecule has 2 aromatic rings. The monoisotopic (exact) mass is 273 g/mol. The largest absolute Gasteiger partial charge is 0.481 e. The summed E-state index contributed by atoms with van der Waals surface area (Å²) in [7, 11) is 0. The van der Waals surface area contributed by atoms with E-state index in [1.54, 1.807) is 24.3 Å². The zero-order valence-electron chi connectivity index (χ0n) is 10.3. The molecule has 1 heterocycles. The van der Waals surface area contributed by atoms with Gasteiger partial charge in [-0.25, -0.2) is 0 Å². The molecule has 102 valence electrons. The van der Waals surface area contributed by atoms with Crippen molar-refractivity contribution in [3.05, 3.63) is 24.3 Å². The smallest absolute Gasteiger partial charge is 0.307 e. The molecule has 0 unspecified atom stereocenters. The second-order valence-corrected chi connectivity index (χ2v) is 4.59. The van der Waals surface area contributed by atoms with Crippen LogP contribution in [0, 0.1) is 11.8 Å². The Morgan fingerprint density at radius 2 is 2.20 bits per heavy atom. The zero-order chi connectivity index (χ0) is 14.1. The second kappa shape index (κ2) is 4.72. The van der Waals surface area contributed by atoms with Crippen LogP contribution in [0.25, 0.3) is 11.4 Å². The third-order valence-electron chi connectivity index (χ3n) is 3.18. The van der Waals surface area contributed by atoms with Gasteiger partial charge in [-0.05, 0) is 23.8 Å². The number of anilines is 1. The maximum absolute atomic E-state index is 11.9. The number of benzene rings is 1. The highest BCUT2D eigenvalue weighted by Crippen LogP contribution is 2.39. The number of H-pyrrole nitrogens is 1. The van der Waals surface area contributed by atoms with E-state index in [0.29, 0.717) is 23.5 Å². The molecule has 1 aliphatic rings. The lowest BCUT2D eigenvalue weighted by molar-refractivity contribution is -0.139. The van der Waals surface area contributed by atoms with Crippen molar-refractivity contribution in [2.24, 2.45) is 11.8 Å². The summed E-state index contributed by atoms with van der Waals surface area (Å²) in [6.07, 6.45) is 0.395. The van der Waals surface area contributed by atoms with Gasteiger partial charge in [-0.2, -0.15) is 5.21 Å². The van der Waals surface area contributed by atoms with E-state index >= 15 is 0 Å². The lowest BCUT2D eigenvalue weighted by Gasteiger charge is -2.05. The molecule has 0 bridgehead atoms. The topological polar surface area (TPSA) is 121 Å². The van der Waals surface area contributed by atoms with E-state index in [-0.39, 0.29) is 5.91 Å². The summed E-state index contributed by atoms with van der Waals surface area (Å²) in [5.74, 6) is -1.78. The van der Waals surface area contributed by atoms with Gasteiger partial charge in [-0.1, -0.05) is 12.1 Å². The van der Waals surface area contributed by atoms with Crippen LogP contribution in [0.15, 0.2) is 24.3 Å². The molecule has 0 aliphatic heterocycles. The molecule has 8 heteroatoms. The normalized spacial score (nSPS) is 20.4. The Kier molecular flexibility index (Phi) is 2.90. The van der Waals surface area contributed by atoms with E-state index in [2.05, 4.69) is 25.9 Å². The van der Waals surface area contributed by atoms with E-state index in [0.717, 1.165) is 0 Å². The third kappa shape index (κ3) is 2.35. The van der Waals surface area contributed by atoms with Crippen molar-refractivity contribution in [1.82, 2.24) is 20.6 Å². The first kappa shape index (κ1) is 12.3. The van der Waals surface area contributed by atoms with Crippen LogP contribution in [0.4, 0.5) is 5.69 Å². The number of hydrogen-bond acceptors (Lipinski definition) is 5. The quantitative estimate of drug-likeness (QED) is 0.747. The third-order valence-corrected chi connectivity index (χ3v) is 3.18. The van der Waals surface area contributed by atoms with Gasteiger partial charge in [0.15, 0.2) is 0 Å². The van der Waals surface area contributed by atoms with Crippen molar-refractivity contribution >= 4 is 17.6 Å². The molecular formula is C12H11N5O3. The predicted molar refractivity (Wildman–Crippen MR) is 67.5 cm³/mol. The number of carbonyl (C=O) groups excluding carboxylic acids is 1. The number of aliphatic carboxylic acids is 1. The van der Waals surface area contributed by atoms with Crippen molar-refractivity contribution in [1.29, 1.82) is 0 Å². The van der Waals surface area contributed by atoms with Gasteiger partial charge in [0.2, 0.25) is 11.7 Å². The van der Waals surface area contributed by atoms with Crippen LogP contribution >= 0.6 is 0 Å². The highest BCUT2D eigenvalue weighted by Gasteiger charge is 2.48. The van der Waals surface area contributed by atoms with Gasteiger partial charge < -0.3 is 10.4 Å². The first-order valence-electron chi connectivity index (χ1n) is 6.02. The molecule has 0 radical (unpaired) electrons. The summed E-state index contributed by atoms with van der Waals surface area (Å²) in [5.41, 5.74) is 1.29. The number of carboxylic acid groups (broad SMARTS) is 1. The Morgan fingerprint density at radius 1 is 1.35 bits per heavy atom. The maximum Gasteiger partial charge on any atom is 0.307 e. The van der Waals surface area contributed by atoms with Crippen LogP contribution < -0.4 is 5.32 Å². The molecule has 0 spiro atoms. The van der Waals surface area contributed by atoms with Gasteiger partial charge >= 0.3 is 5.97 Å². The van der Waals surface area contributed by atoms with Crippen LogP contribution in [-0.2, 0) is 9.59 Å². The molecule has 3 rings (SSSR count). The minimum atomic E-state index is -0.925. The van der Waals surface area contributed by atoms with Gasteiger partial charge in [0.25, 0.3) is 0 Å². The molecule has 20 heavy (non-hydrogen) atoms. The van der Waals surface area contributed by atoms with Gasteiger partial charge in [0, 0.05) is 11.3 Å². The number of nitrogens with one attached hydrogen (secondary N) is 2. The fraction of sp³-hybridized carbons (Fsp3) is 0.250. The van der Waals surface area contributed by atoms with E-state index in [9.17, 15) is 9.59 Å². The Balaban J connectivity index is 1.71. The fourth-order valence-corrected chi connectivity index (χ4v) is 2.01. The minimum Gasteiger partial charge on any atom is -0.481 e. The van der Waals surface area contributed by atoms with Crippen LogP contribution in [0.5, 0.6) is 0 Å². The summed E-state index contributed by atoms with van der Waals surface area (Å²) in [4.78, 5) is 22.6. The van der Waals surface area contributed by atoms with Crippen LogP contribution in [-0.4, -0.2) is 37.6 Å². The standard InChI is InChI=1S/C12H11N5O3/c18-11(8-5-9(8)12(19)20)13-7-3-1-2-6(4-7)10-14-16-17-15-10/h1-4,8-9H,5H2,(H,13,18)(H,19,20)(H,14,15,16,17)/t8-,9+/m1/s1. The Morgan fingerprint density at radius 3 is 2.85 bits per heavy atom. The minimum absolute atomic E-state index is 0.275. The molecule has 1 amide bonds. The number of aromatic nitrogens is 4. The number of aromatic amines is 1. The van der Waals surface area contributed by atoms with Crippen molar-refractivity contribution in [2.75, 3.05) is 5.32 Å². The summed E-state index contributed by atoms with van der Waals surface area (Å²) in [5, 5.41) is 25.0. The molecule has 1 aromatic heterocycles. The molecule has 1 saturated carbocycles. The number of carbonyl (C=O) groups is 2. The average Bonchev–Trinajstić information content (AvgIpc) is 3.06. The first-order valence-corrected chi connectivity index (χ1v) is 6.02. The highest BCUT2D eigenvalue weighted by atomic mass is 16.4. The number of tetrazole rings is 1. The second-order valence-electron chi connectivity index (χ2n) is 4.59. The SMILES string of the molecule is O=C(O)[C@H]1C[C@H]1C(=O)Nc1cccc(-c2nn[nH]n2)c1. The van der Waals surface area contributed by atoms with Gasteiger partial charge in [0.05, 0.1) is 11.8 Å². The molecule has 0 saturated heterocycles. The summed E-state index contributed by atoms with van der Waals surface area (Å²) < 4.78 is 0. The molecule has 8 nitrogen and oxygen atoms in total. The Bertz CT molecular complexity index is 655. The number of hydrogen-bond donors (Lipinski definition) is 3. The molecule has 1 aliphatic carbocycles. The summed E-state index contributed by atoms with van der Waals surface area (Å²) in [6.45, 7) is 0. The Hall–Kier alpha value is -2.77. The Labute approximate surface area is 113 Å². The first-order chi connectivity index (χ1) is 9.65. The van der Waals surface area contributed by atoms with Gasteiger partial charge in [-0.15, -0.1) is 10.2 Å². The summed E-state index contributed by atoms with van der Waals surface area (Å²) >= 11 is 0. The van der Waals surface area contributed by atoms with E-state index in [1.807, 2.05) is 0 Å². The van der Waals surface area contributed by atoms with Crippen LogP contribution in [0.1, 0.15) is 6.42 Å². The number of rotatable bonds is 4. The van der Waals surface area contributed by atoms with Crippen LogP contribution in [0.2, 0.25) is 0 Å². The summed E-state index contributed by atoms with van der Waals surface area (Å²) in [6, 6.07) is 6.97.